The normalized spacial score (nSPS) is 25.1. The van der Waals surface area contributed by atoms with Crippen LogP contribution < -0.4 is 5.32 Å². The zero-order chi connectivity index (χ0) is 14.4. The maximum atomic E-state index is 9.58. The Morgan fingerprint density at radius 2 is 2.00 bits per heavy atom. The van der Waals surface area contributed by atoms with Crippen molar-refractivity contribution in [1.82, 2.24) is 5.32 Å². The van der Waals surface area contributed by atoms with Gasteiger partial charge < -0.3 is 15.5 Å². The van der Waals surface area contributed by atoms with Crippen LogP contribution in [0.4, 0.5) is 0 Å². The molecule has 1 fully saturated rings. The van der Waals surface area contributed by atoms with E-state index in [1.165, 1.54) is 24.8 Å². The quantitative estimate of drug-likeness (QED) is 0.725. The van der Waals surface area contributed by atoms with E-state index in [0.717, 1.165) is 18.4 Å². The molecular weight excluding hydrogens is 250 g/mol. The summed E-state index contributed by atoms with van der Waals surface area (Å²) in [7, 11) is 0. The van der Waals surface area contributed by atoms with Gasteiger partial charge in [0.05, 0.1) is 6.61 Å². The van der Waals surface area contributed by atoms with Crippen LogP contribution in [0.25, 0.3) is 0 Å². The van der Waals surface area contributed by atoms with Crippen molar-refractivity contribution in [3.63, 3.8) is 0 Å². The molecule has 2 rings (SSSR count). The van der Waals surface area contributed by atoms with Gasteiger partial charge in [-0.05, 0) is 36.8 Å². The molecular formula is C17H27NO2. The van der Waals surface area contributed by atoms with Crippen LogP contribution in [0, 0.1) is 5.92 Å². The molecule has 3 atom stereocenters. The summed E-state index contributed by atoms with van der Waals surface area (Å²) in [4.78, 5) is 0. The van der Waals surface area contributed by atoms with Gasteiger partial charge in [0, 0.05) is 18.7 Å². The third kappa shape index (κ3) is 4.05. The second kappa shape index (κ2) is 7.77. The average Bonchev–Trinajstić information content (AvgIpc) is 2.72. The lowest BCUT2D eigenvalue weighted by molar-refractivity contribution is 0.176. The molecule has 3 heteroatoms. The van der Waals surface area contributed by atoms with Gasteiger partial charge in [0.25, 0.3) is 0 Å². The van der Waals surface area contributed by atoms with Gasteiger partial charge >= 0.3 is 0 Å². The van der Waals surface area contributed by atoms with E-state index in [9.17, 15) is 10.2 Å². The summed E-state index contributed by atoms with van der Waals surface area (Å²) in [6.45, 7) is 2.53. The number of nitrogens with one attached hydrogen (secondary N) is 1. The Morgan fingerprint density at radius 1 is 1.20 bits per heavy atom. The molecule has 0 amide bonds. The van der Waals surface area contributed by atoms with Crippen LogP contribution in [0.2, 0.25) is 0 Å². The minimum Gasteiger partial charge on any atom is -0.396 e. The van der Waals surface area contributed by atoms with Gasteiger partial charge in [0.2, 0.25) is 0 Å². The van der Waals surface area contributed by atoms with Crippen LogP contribution >= 0.6 is 0 Å². The summed E-state index contributed by atoms with van der Waals surface area (Å²) in [5.74, 6) is 0.376. The average molecular weight is 277 g/mol. The van der Waals surface area contributed by atoms with Crippen LogP contribution in [0.15, 0.2) is 24.3 Å². The van der Waals surface area contributed by atoms with Gasteiger partial charge in [-0.1, -0.05) is 43.5 Å². The molecule has 0 aliphatic heterocycles. The van der Waals surface area contributed by atoms with E-state index in [4.69, 9.17) is 0 Å². The van der Waals surface area contributed by atoms with Crippen LogP contribution in [-0.2, 0) is 6.61 Å². The van der Waals surface area contributed by atoms with Crippen molar-refractivity contribution in [2.75, 3.05) is 6.61 Å². The van der Waals surface area contributed by atoms with E-state index in [-0.39, 0.29) is 19.3 Å². The molecule has 0 radical (unpaired) electrons. The second-order valence-corrected chi connectivity index (χ2v) is 5.98. The fraction of sp³-hybridized carbons (Fsp3) is 0.647. The van der Waals surface area contributed by atoms with E-state index in [0.29, 0.717) is 12.0 Å². The zero-order valence-corrected chi connectivity index (χ0v) is 12.4. The maximum absolute atomic E-state index is 9.58. The number of benzene rings is 1. The van der Waals surface area contributed by atoms with Crippen molar-refractivity contribution in [2.24, 2.45) is 5.92 Å². The molecule has 0 bridgehead atoms. The molecule has 0 unspecified atom stereocenters. The van der Waals surface area contributed by atoms with E-state index < -0.39 is 0 Å². The third-order valence-corrected chi connectivity index (χ3v) is 4.49. The van der Waals surface area contributed by atoms with E-state index in [1.807, 2.05) is 12.1 Å². The Morgan fingerprint density at radius 3 is 2.75 bits per heavy atom. The predicted molar refractivity (Wildman–Crippen MR) is 81.4 cm³/mol. The largest absolute Gasteiger partial charge is 0.396 e. The molecule has 0 aromatic heterocycles. The Bertz CT molecular complexity index is 408. The van der Waals surface area contributed by atoms with Crippen molar-refractivity contribution in [3.8, 4) is 0 Å². The SMILES string of the molecule is C[C@H](N[C@@H]1CCCCC[C@@H]1CO)c1cccc(CO)c1. The van der Waals surface area contributed by atoms with Crippen LogP contribution in [0.1, 0.15) is 56.2 Å². The molecule has 1 aromatic rings. The van der Waals surface area contributed by atoms with E-state index in [1.54, 1.807) is 0 Å². The first-order valence-corrected chi connectivity index (χ1v) is 7.81. The zero-order valence-electron chi connectivity index (χ0n) is 12.4. The molecule has 1 saturated carbocycles. The summed E-state index contributed by atoms with van der Waals surface area (Å²) in [5, 5.41) is 22.5. The topological polar surface area (TPSA) is 52.5 Å². The molecule has 20 heavy (non-hydrogen) atoms. The van der Waals surface area contributed by atoms with Crippen LogP contribution in [0.5, 0.6) is 0 Å². The van der Waals surface area contributed by atoms with Gasteiger partial charge in [-0.3, -0.25) is 0 Å². The molecule has 1 aliphatic rings. The lowest BCUT2D eigenvalue weighted by Gasteiger charge is -2.28. The molecule has 0 heterocycles. The molecule has 0 saturated heterocycles. The first-order valence-electron chi connectivity index (χ1n) is 7.81. The highest BCUT2D eigenvalue weighted by Gasteiger charge is 2.24. The van der Waals surface area contributed by atoms with Crippen molar-refractivity contribution in [3.05, 3.63) is 35.4 Å². The fourth-order valence-corrected chi connectivity index (χ4v) is 3.20. The number of aliphatic hydroxyl groups is 2. The van der Waals surface area contributed by atoms with Gasteiger partial charge in [-0.2, -0.15) is 0 Å². The van der Waals surface area contributed by atoms with E-state index >= 15 is 0 Å². The number of rotatable bonds is 5. The van der Waals surface area contributed by atoms with Crippen molar-refractivity contribution >= 4 is 0 Å². The summed E-state index contributed by atoms with van der Waals surface area (Å²) in [6, 6.07) is 8.74. The second-order valence-electron chi connectivity index (χ2n) is 5.98. The first-order chi connectivity index (χ1) is 9.74. The minimum absolute atomic E-state index is 0.0866. The molecule has 1 aromatic carbocycles. The van der Waals surface area contributed by atoms with Gasteiger partial charge in [0.15, 0.2) is 0 Å². The molecule has 1 aliphatic carbocycles. The molecule has 3 nitrogen and oxygen atoms in total. The lowest BCUT2D eigenvalue weighted by Crippen LogP contribution is -2.38. The van der Waals surface area contributed by atoms with Gasteiger partial charge in [-0.25, -0.2) is 0 Å². The lowest BCUT2D eigenvalue weighted by atomic mass is 9.94. The van der Waals surface area contributed by atoms with Crippen LogP contribution in [-0.4, -0.2) is 22.9 Å². The monoisotopic (exact) mass is 277 g/mol. The Kier molecular flexibility index (Phi) is 6.02. The first kappa shape index (κ1) is 15.5. The Hall–Kier alpha value is -0.900. The molecule has 112 valence electrons. The van der Waals surface area contributed by atoms with E-state index in [2.05, 4.69) is 24.4 Å². The van der Waals surface area contributed by atoms with Gasteiger partial charge in [0.1, 0.15) is 0 Å². The number of aliphatic hydroxyl groups excluding tert-OH is 2. The van der Waals surface area contributed by atoms with Crippen molar-refractivity contribution in [2.45, 2.75) is 57.7 Å². The summed E-state index contributed by atoms with van der Waals surface area (Å²) in [5.41, 5.74) is 2.16. The minimum atomic E-state index is 0.0866. The predicted octanol–water partition coefficient (Wildman–Crippen LogP) is 2.77. The summed E-state index contributed by atoms with van der Waals surface area (Å²) >= 11 is 0. The standard InChI is InChI=1S/C17H27NO2/c1-13(15-8-5-6-14(10-15)11-19)18-17-9-4-2-3-7-16(17)12-20/h5-6,8,10,13,16-20H,2-4,7,9,11-12H2,1H3/t13-,16+,17+/m0/s1. The highest BCUT2D eigenvalue weighted by molar-refractivity contribution is 5.25. The maximum Gasteiger partial charge on any atom is 0.0681 e. The van der Waals surface area contributed by atoms with Crippen molar-refractivity contribution < 1.29 is 10.2 Å². The highest BCUT2D eigenvalue weighted by Crippen LogP contribution is 2.26. The summed E-state index contributed by atoms with van der Waals surface area (Å²) in [6.07, 6.45) is 6.03. The fourth-order valence-electron chi connectivity index (χ4n) is 3.20. The van der Waals surface area contributed by atoms with Gasteiger partial charge in [-0.15, -0.1) is 0 Å². The number of hydrogen-bond acceptors (Lipinski definition) is 3. The van der Waals surface area contributed by atoms with Crippen molar-refractivity contribution in [1.29, 1.82) is 0 Å². The Labute approximate surface area is 122 Å². The van der Waals surface area contributed by atoms with Crippen LogP contribution in [0.3, 0.4) is 0 Å². The summed E-state index contributed by atoms with van der Waals surface area (Å²) < 4.78 is 0. The highest BCUT2D eigenvalue weighted by atomic mass is 16.3. The third-order valence-electron chi connectivity index (χ3n) is 4.49. The molecule has 3 N–H and O–H groups in total. The number of hydrogen-bond donors (Lipinski definition) is 3. The Balaban J connectivity index is 2.02. The molecule has 0 spiro atoms. The smallest absolute Gasteiger partial charge is 0.0681 e.